The molecule has 0 bridgehead atoms. The maximum atomic E-state index is 11.9. The van der Waals surface area contributed by atoms with Crippen molar-refractivity contribution in [2.24, 2.45) is 17.8 Å². The molecule has 0 aromatic heterocycles. The number of nitrogens with one attached hydrogen (secondary N) is 1. The lowest BCUT2D eigenvalue weighted by atomic mass is 9.89. The molecule has 3 nitrogen and oxygen atoms in total. The summed E-state index contributed by atoms with van der Waals surface area (Å²) in [5.41, 5.74) is 0. The summed E-state index contributed by atoms with van der Waals surface area (Å²) < 4.78 is 5.62. The number of hydrogen-bond acceptors (Lipinski definition) is 3. The van der Waals surface area contributed by atoms with Crippen molar-refractivity contribution in [3.8, 4) is 0 Å². The summed E-state index contributed by atoms with van der Waals surface area (Å²) in [5, 5.41) is 3.25. The number of ether oxygens (including phenoxy) is 1. The zero-order chi connectivity index (χ0) is 11.5. The van der Waals surface area contributed by atoms with E-state index in [0.717, 1.165) is 31.8 Å². The molecule has 0 aromatic rings. The van der Waals surface area contributed by atoms with Crippen LogP contribution in [0.3, 0.4) is 0 Å². The predicted molar refractivity (Wildman–Crippen MR) is 63.0 cm³/mol. The molecule has 2 atom stereocenters. The minimum atomic E-state index is 0.0250. The highest BCUT2D eigenvalue weighted by Crippen LogP contribution is 2.27. The Morgan fingerprint density at radius 2 is 1.81 bits per heavy atom. The topological polar surface area (TPSA) is 38.3 Å². The summed E-state index contributed by atoms with van der Waals surface area (Å²) in [5.74, 6) is 1.34. The van der Waals surface area contributed by atoms with Crippen LogP contribution in [-0.2, 0) is 9.53 Å². The zero-order valence-corrected chi connectivity index (χ0v) is 10.4. The van der Waals surface area contributed by atoms with Crippen molar-refractivity contribution in [3.05, 3.63) is 0 Å². The Hall–Kier alpha value is -0.570. The van der Waals surface area contributed by atoms with Gasteiger partial charge in [0.05, 0.1) is 5.92 Å². The van der Waals surface area contributed by atoms with Gasteiger partial charge in [0.25, 0.3) is 0 Å². The molecule has 1 saturated carbocycles. The second-order valence-corrected chi connectivity index (χ2v) is 5.56. The van der Waals surface area contributed by atoms with Crippen molar-refractivity contribution < 1.29 is 9.53 Å². The molecule has 0 aromatic carbocycles. The first kappa shape index (κ1) is 11.9. The standard InChI is InChI=1S/C13H23NO2/c1-9-3-5-11(6-4-9)16-13(15)12-8-14-7-10(12)2/h9-12,14H,3-8H2,1-2H3. The summed E-state index contributed by atoms with van der Waals surface area (Å²) in [6, 6.07) is 0. The van der Waals surface area contributed by atoms with Gasteiger partial charge in [-0.1, -0.05) is 13.8 Å². The highest BCUT2D eigenvalue weighted by Gasteiger charge is 2.32. The summed E-state index contributed by atoms with van der Waals surface area (Å²) in [6.45, 7) is 6.14. The van der Waals surface area contributed by atoms with Crippen LogP contribution < -0.4 is 5.32 Å². The van der Waals surface area contributed by atoms with E-state index in [2.05, 4.69) is 19.2 Å². The van der Waals surface area contributed by atoms with Gasteiger partial charge in [0.1, 0.15) is 6.10 Å². The maximum absolute atomic E-state index is 11.9. The van der Waals surface area contributed by atoms with E-state index in [4.69, 9.17) is 4.74 Å². The smallest absolute Gasteiger partial charge is 0.310 e. The highest BCUT2D eigenvalue weighted by atomic mass is 16.5. The Morgan fingerprint density at radius 3 is 2.38 bits per heavy atom. The fourth-order valence-corrected chi connectivity index (χ4v) is 2.72. The third-order valence-electron chi connectivity index (χ3n) is 4.07. The van der Waals surface area contributed by atoms with Gasteiger partial charge in [-0.25, -0.2) is 0 Å². The molecular formula is C13H23NO2. The number of carbonyl (C=O) groups excluding carboxylic acids is 1. The van der Waals surface area contributed by atoms with Crippen LogP contribution in [0.25, 0.3) is 0 Å². The molecular weight excluding hydrogens is 202 g/mol. The molecule has 2 aliphatic rings. The molecule has 92 valence electrons. The average molecular weight is 225 g/mol. The Bertz CT molecular complexity index is 246. The van der Waals surface area contributed by atoms with Gasteiger partial charge in [0.15, 0.2) is 0 Å². The van der Waals surface area contributed by atoms with Gasteiger partial charge in [-0.2, -0.15) is 0 Å². The fourth-order valence-electron chi connectivity index (χ4n) is 2.72. The normalized spacial score (nSPS) is 39.6. The van der Waals surface area contributed by atoms with Gasteiger partial charge in [0.2, 0.25) is 0 Å². The van der Waals surface area contributed by atoms with E-state index < -0.39 is 0 Å². The lowest BCUT2D eigenvalue weighted by Crippen LogP contribution is -2.30. The van der Waals surface area contributed by atoms with Gasteiger partial charge in [-0.15, -0.1) is 0 Å². The van der Waals surface area contributed by atoms with Crippen molar-refractivity contribution in [1.82, 2.24) is 5.32 Å². The van der Waals surface area contributed by atoms with E-state index in [1.165, 1.54) is 12.8 Å². The van der Waals surface area contributed by atoms with E-state index in [-0.39, 0.29) is 18.0 Å². The van der Waals surface area contributed by atoms with E-state index in [1.807, 2.05) is 0 Å². The molecule has 1 aliphatic heterocycles. The average Bonchev–Trinajstić information content (AvgIpc) is 2.68. The van der Waals surface area contributed by atoms with Crippen LogP contribution in [-0.4, -0.2) is 25.2 Å². The quantitative estimate of drug-likeness (QED) is 0.730. The summed E-state index contributed by atoms with van der Waals surface area (Å²) in [7, 11) is 0. The first-order chi connectivity index (χ1) is 7.66. The highest BCUT2D eigenvalue weighted by molar-refractivity contribution is 5.73. The van der Waals surface area contributed by atoms with Gasteiger partial charge in [-0.3, -0.25) is 4.79 Å². The second-order valence-electron chi connectivity index (χ2n) is 5.56. The summed E-state index contributed by atoms with van der Waals surface area (Å²) >= 11 is 0. The van der Waals surface area contributed by atoms with Crippen LogP contribution in [0.2, 0.25) is 0 Å². The number of esters is 1. The van der Waals surface area contributed by atoms with Crippen LogP contribution in [0.5, 0.6) is 0 Å². The van der Waals surface area contributed by atoms with Crippen molar-refractivity contribution in [2.75, 3.05) is 13.1 Å². The monoisotopic (exact) mass is 225 g/mol. The lowest BCUT2D eigenvalue weighted by molar-refractivity contribution is -0.156. The van der Waals surface area contributed by atoms with Gasteiger partial charge >= 0.3 is 5.97 Å². The summed E-state index contributed by atoms with van der Waals surface area (Å²) in [6.07, 6.45) is 4.71. The minimum Gasteiger partial charge on any atom is -0.462 e. The number of carbonyl (C=O) groups is 1. The molecule has 2 fully saturated rings. The molecule has 0 spiro atoms. The van der Waals surface area contributed by atoms with Crippen molar-refractivity contribution >= 4 is 5.97 Å². The van der Waals surface area contributed by atoms with Gasteiger partial charge in [-0.05, 0) is 44.1 Å². The van der Waals surface area contributed by atoms with Crippen LogP contribution in [0.15, 0.2) is 0 Å². The van der Waals surface area contributed by atoms with Crippen LogP contribution in [0.1, 0.15) is 39.5 Å². The van der Waals surface area contributed by atoms with E-state index in [0.29, 0.717) is 5.92 Å². The maximum Gasteiger partial charge on any atom is 0.310 e. The Morgan fingerprint density at radius 1 is 1.12 bits per heavy atom. The van der Waals surface area contributed by atoms with Crippen LogP contribution in [0, 0.1) is 17.8 Å². The number of rotatable bonds is 2. The van der Waals surface area contributed by atoms with E-state index in [1.54, 1.807) is 0 Å². The molecule has 2 rings (SSSR count). The van der Waals surface area contributed by atoms with Crippen LogP contribution >= 0.6 is 0 Å². The first-order valence-electron chi connectivity index (χ1n) is 6.58. The molecule has 3 heteroatoms. The van der Waals surface area contributed by atoms with Crippen molar-refractivity contribution in [2.45, 2.75) is 45.6 Å². The Kier molecular flexibility index (Phi) is 3.85. The molecule has 16 heavy (non-hydrogen) atoms. The fraction of sp³-hybridized carbons (Fsp3) is 0.923. The Labute approximate surface area is 97.9 Å². The molecule has 0 amide bonds. The van der Waals surface area contributed by atoms with E-state index >= 15 is 0 Å². The Balaban J connectivity index is 1.78. The van der Waals surface area contributed by atoms with E-state index in [9.17, 15) is 4.79 Å². The molecule has 1 heterocycles. The molecule has 1 saturated heterocycles. The molecule has 0 radical (unpaired) electrons. The molecule has 2 unspecified atom stereocenters. The van der Waals surface area contributed by atoms with Gasteiger partial charge < -0.3 is 10.1 Å². The third kappa shape index (κ3) is 2.76. The molecule has 1 aliphatic carbocycles. The predicted octanol–water partition coefficient (Wildman–Crippen LogP) is 1.96. The van der Waals surface area contributed by atoms with Crippen LogP contribution in [0.4, 0.5) is 0 Å². The second kappa shape index (κ2) is 5.17. The van der Waals surface area contributed by atoms with Crippen molar-refractivity contribution in [1.29, 1.82) is 0 Å². The first-order valence-corrected chi connectivity index (χ1v) is 6.58. The molecule has 1 N–H and O–H groups in total. The third-order valence-corrected chi connectivity index (χ3v) is 4.07. The SMILES string of the molecule is CC1CCC(OC(=O)C2CNCC2C)CC1. The number of hydrogen-bond donors (Lipinski definition) is 1. The zero-order valence-electron chi connectivity index (χ0n) is 10.4. The lowest BCUT2D eigenvalue weighted by Gasteiger charge is -2.27. The summed E-state index contributed by atoms with van der Waals surface area (Å²) in [4.78, 5) is 11.9. The van der Waals surface area contributed by atoms with Gasteiger partial charge in [0, 0.05) is 6.54 Å². The van der Waals surface area contributed by atoms with Crippen molar-refractivity contribution in [3.63, 3.8) is 0 Å². The largest absolute Gasteiger partial charge is 0.462 e. The minimum absolute atomic E-state index is 0.0250.